The van der Waals surface area contributed by atoms with Crippen molar-refractivity contribution in [1.82, 2.24) is 0 Å². The predicted molar refractivity (Wildman–Crippen MR) is 142 cm³/mol. The lowest BCUT2D eigenvalue weighted by molar-refractivity contribution is 0.669. The van der Waals surface area contributed by atoms with Crippen molar-refractivity contribution in [2.75, 3.05) is 4.90 Å². The molecule has 0 fully saturated rings. The maximum atomic E-state index is 6.19. The Morgan fingerprint density at radius 1 is 0.545 bits per heavy atom. The molecule has 0 N–H and O–H groups in total. The van der Waals surface area contributed by atoms with Gasteiger partial charge in [0.25, 0.3) is 0 Å². The number of rotatable bonds is 4. The Kier molecular flexibility index (Phi) is 4.97. The molecule has 33 heavy (non-hydrogen) atoms. The van der Waals surface area contributed by atoms with Gasteiger partial charge in [-0.1, -0.05) is 82.7 Å². The van der Waals surface area contributed by atoms with Crippen LogP contribution in [0.1, 0.15) is 0 Å². The fourth-order valence-electron chi connectivity index (χ4n) is 4.41. The maximum Gasteiger partial charge on any atom is 0.137 e. The second-order valence-corrected chi connectivity index (χ2v) is 8.89. The Morgan fingerprint density at radius 3 is 2.09 bits per heavy atom. The first-order valence-corrected chi connectivity index (χ1v) is 11.7. The minimum Gasteiger partial charge on any atom is -0.456 e. The van der Waals surface area contributed by atoms with E-state index in [9.17, 15) is 0 Å². The Labute approximate surface area is 200 Å². The number of fused-ring (bicyclic) bond motifs is 3. The summed E-state index contributed by atoms with van der Waals surface area (Å²) in [6.07, 6.45) is 0. The van der Waals surface area contributed by atoms with Gasteiger partial charge in [0.1, 0.15) is 11.2 Å². The fraction of sp³-hybridized carbons (Fsp3) is 0. The van der Waals surface area contributed by atoms with Gasteiger partial charge in [-0.15, -0.1) is 0 Å². The molecule has 158 valence electrons. The number of benzene rings is 5. The predicted octanol–water partition coefficient (Wildman–Crippen LogP) is 9.49. The van der Waals surface area contributed by atoms with Crippen molar-refractivity contribution in [2.24, 2.45) is 0 Å². The summed E-state index contributed by atoms with van der Waals surface area (Å²) < 4.78 is 7.25. The van der Waals surface area contributed by atoms with E-state index < -0.39 is 0 Å². The molecule has 3 heteroatoms. The molecule has 6 rings (SSSR count). The highest BCUT2D eigenvalue weighted by Crippen LogP contribution is 2.43. The molecule has 6 aromatic rings. The second-order valence-electron chi connectivity index (χ2n) is 7.98. The highest BCUT2D eigenvalue weighted by molar-refractivity contribution is 9.10. The summed E-state index contributed by atoms with van der Waals surface area (Å²) in [5, 5.41) is 2.23. The van der Waals surface area contributed by atoms with Gasteiger partial charge in [-0.25, -0.2) is 0 Å². The third kappa shape index (κ3) is 3.61. The van der Waals surface area contributed by atoms with Crippen LogP contribution in [0.15, 0.2) is 130 Å². The van der Waals surface area contributed by atoms with Crippen molar-refractivity contribution in [3.63, 3.8) is 0 Å². The molecular formula is C30H20BrNO. The zero-order valence-electron chi connectivity index (χ0n) is 17.8. The van der Waals surface area contributed by atoms with Crippen LogP contribution in [-0.2, 0) is 0 Å². The van der Waals surface area contributed by atoms with Gasteiger partial charge in [0.05, 0.1) is 11.1 Å². The molecule has 0 saturated heterocycles. The zero-order chi connectivity index (χ0) is 22.2. The summed E-state index contributed by atoms with van der Waals surface area (Å²) in [7, 11) is 0. The summed E-state index contributed by atoms with van der Waals surface area (Å²) in [5.74, 6) is 0. The SMILES string of the molecule is Brc1ccc(N(c2cccc(-c3ccccc3)c2)c2cccc3oc4ccccc4c23)cc1. The summed E-state index contributed by atoms with van der Waals surface area (Å²) in [5.41, 5.74) is 7.42. The number of furan rings is 1. The topological polar surface area (TPSA) is 16.4 Å². The van der Waals surface area contributed by atoms with Crippen molar-refractivity contribution in [3.05, 3.63) is 126 Å². The van der Waals surface area contributed by atoms with Crippen molar-refractivity contribution in [2.45, 2.75) is 0 Å². The average Bonchev–Trinajstić information content (AvgIpc) is 3.26. The molecule has 0 bridgehead atoms. The lowest BCUT2D eigenvalue weighted by Gasteiger charge is -2.26. The minimum atomic E-state index is 0.884. The Bertz CT molecular complexity index is 1570. The summed E-state index contributed by atoms with van der Waals surface area (Å²) in [6.45, 7) is 0. The lowest BCUT2D eigenvalue weighted by Crippen LogP contribution is -2.10. The maximum absolute atomic E-state index is 6.19. The molecule has 0 aliphatic carbocycles. The van der Waals surface area contributed by atoms with Crippen LogP contribution in [0.25, 0.3) is 33.1 Å². The van der Waals surface area contributed by atoms with Crippen LogP contribution in [0.5, 0.6) is 0 Å². The molecule has 1 aromatic heterocycles. The van der Waals surface area contributed by atoms with Gasteiger partial charge in [0.15, 0.2) is 0 Å². The first-order valence-electron chi connectivity index (χ1n) is 10.9. The molecule has 0 unspecified atom stereocenters. The van der Waals surface area contributed by atoms with Gasteiger partial charge < -0.3 is 9.32 Å². The van der Waals surface area contributed by atoms with E-state index in [4.69, 9.17) is 4.42 Å². The molecule has 0 radical (unpaired) electrons. The zero-order valence-corrected chi connectivity index (χ0v) is 19.4. The highest BCUT2D eigenvalue weighted by Gasteiger charge is 2.19. The van der Waals surface area contributed by atoms with Gasteiger partial charge in [-0.3, -0.25) is 0 Å². The van der Waals surface area contributed by atoms with Crippen LogP contribution in [0.3, 0.4) is 0 Å². The summed E-state index contributed by atoms with van der Waals surface area (Å²) in [4.78, 5) is 2.31. The van der Waals surface area contributed by atoms with E-state index in [1.54, 1.807) is 0 Å². The fourth-order valence-corrected chi connectivity index (χ4v) is 4.68. The number of hydrogen-bond donors (Lipinski definition) is 0. The van der Waals surface area contributed by atoms with Gasteiger partial charge >= 0.3 is 0 Å². The Hall–Kier alpha value is -3.82. The van der Waals surface area contributed by atoms with E-state index in [1.807, 2.05) is 24.3 Å². The largest absolute Gasteiger partial charge is 0.456 e. The molecule has 0 aliphatic rings. The minimum absolute atomic E-state index is 0.884. The van der Waals surface area contributed by atoms with Crippen molar-refractivity contribution < 1.29 is 4.42 Å². The van der Waals surface area contributed by atoms with Crippen molar-refractivity contribution in [1.29, 1.82) is 0 Å². The first kappa shape index (κ1) is 19.8. The van der Waals surface area contributed by atoms with E-state index in [-0.39, 0.29) is 0 Å². The normalized spacial score (nSPS) is 11.2. The van der Waals surface area contributed by atoms with Crippen LogP contribution in [0.2, 0.25) is 0 Å². The number of anilines is 3. The van der Waals surface area contributed by atoms with E-state index in [0.29, 0.717) is 0 Å². The van der Waals surface area contributed by atoms with Gasteiger partial charge in [0, 0.05) is 21.2 Å². The lowest BCUT2D eigenvalue weighted by atomic mass is 10.0. The number of para-hydroxylation sites is 1. The smallest absolute Gasteiger partial charge is 0.137 e. The van der Waals surface area contributed by atoms with Crippen LogP contribution >= 0.6 is 15.9 Å². The molecule has 0 atom stereocenters. The molecule has 0 saturated carbocycles. The van der Waals surface area contributed by atoms with Crippen LogP contribution < -0.4 is 4.90 Å². The van der Waals surface area contributed by atoms with Crippen LogP contribution in [-0.4, -0.2) is 0 Å². The molecular weight excluding hydrogens is 470 g/mol. The molecule has 2 nitrogen and oxygen atoms in total. The number of halogens is 1. The van der Waals surface area contributed by atoms with E-state index in [2.05, 4.69) is 118 Å². The quantitative estimate of drug-likeness (QED) is 0.245. The van der Waals surface area contributed by atoms with Crippen LogP contribution in [0.4, 0.5) is 17.1 Å². The van der Waals surface area contributed by atoms with E-state index >= 15 is 0 Å². The van der Waals surface area contributed by atoms with Crippen molar-refractivity contribution >= 4 is 54.9 Å². The third-order valence-electron chi connectivity index (χ3n) is 5.92. The second kappa shape index (κ2) is 8.27. The highest BCUT2D eigenvalue weighted by atomic mass is 79.9. The monoisotopic (exact) mass is 489 g/mol. The van der Waals surface area contributed by atoms with Crippen molar-refractivity contribution in [3.8, 4) is 11.1 Å². The molecule has 0 amide bonds. The number of hydrogen-bond acceptors (Lipinski definition) is 2. The Morgan fingerprint density at radius 2 is 1.24 bits per heavy atom. The van der Waals surface area contributed by atoms with E-state index in [0.717, 1.165) is 43.5 Å². The summed E-state index contributed by atoms with van der Waals surface area (Å²) >= 11 is 3.58. The van der Waals surface area contributed by atoms with Gasteiger partial charge in [-0.05, 0) is 65.7 Å². The molecule has 0 spiro atoms. The first-order chi connectivity index (χ1) is 16.3. The van der Waals surface area contributed by atoms with Crippen LogP contribution in [0, 0.1) is 0 Å². The number of nitrogens with zero attached hydrogens (tertiary/aromatic N) is 1. The van der Waals surface area contributed by atoms with Gasteiger partial charge in [0.2, 0.25) is 0 Å². The standard InChI is InChI=1S/C30H20BrNO/c31-23-16-18-24(19-17-23)32(25-11-6-10-22(20-25)21-8-2-1-3-9-21)27-13-7-15-29-30(27)26-12-4-5-14-28(26)33-29/h1-20H. The van der Waals surface area contributed by atoms with E-state index in [1.165, 1.54) is 11.1 Å². The summed E-state index contributed by atoms with van der Waals surface area (Å²) in [6, 6.07) is 42.1. The third-order valence-corrected chi connectivity index (χ3v) is 6.45. The molecule has 0 aliphatic heterocycles. The molecule has 1 heterocycles. The van der Waals surface area contributed by atoms with Gasteiger partial charge in [-0.2, -0.15) is 0 Å². The Balaban J connectivity index is 1.62. The average molecular weight is 490 g/mol. The molecule has 5 aromatic carbocycles.